The van der Waals surface area contributed by atoms with Crippen LogP contribution >= 0.6 is 0 Å². The normalized spacial score (nSPS) is 15.8. The van der Waals surface area contributed by atoms with Crippen molar-refractivity contribution in [2.24, 2.45) is 5.92 Å². The predicted molar refractivity (Wildman–Crippen MR) is 64.3 cm³/mol. The summed E-state index contributed by atoms with van der Waals surface area (Å²) in [6.45, 7) is 11.2. The van der Waals surface area contributed by atoms with Gasteiger partial charge in [-0.05, 0) is 40.0 Å². The number of hydrogen-bond donors (Lipinski definition) is 2. The van der Waals surface area contributed by atoms with Crippen LogP contribution in [0.5, 0.6) is 0 Å². The molecule has 96 valence electrons. The average Bonchev–Trinajstić information content (AvgIpc) is 1.97. The Kier molecular flexibility index (Phi) is 5.79. The van der Waals surface area contributed by atoms with E-state index in [0.29, 0.717) is 5.92 Å². The van der Waals surface area contributed by atoms with Crippen molar-refractivity contribution in [2.75, 3.05) is 0 Å². The number of carbonyl (C=O) groups is 1. The summed E-state index contributed by atoms with van der Waals surface area (Å²) in [6, 6.07) is -0.255. The SMILES string of the molecule is CC(C)CC(NC(=O)OC(C)(C)C)C(C)O. The molecule has 0 saturated heterocycles. The third-order valence-electron chi connectivity index (χ3n) is 2.01. The van der Waals surface area contributed by atoms with Gasteiger partial charge in [0, 0.05) is 0 Å². The number of carbonyl (C=O) groups excluding carboxylic acids is 1. The fourth-order valence-electron chi connectivity index (χ4n) is 1.34. The van der Waals surface area contributed by atoms with Crippen LogP contribution in [0.4, 0.5) is 4.79 Å². The van der Waals surface area contributed by atoms with Gasteiger partial charge in [-0.15, -0.1) is 0 Å². The van der Waals surface area contributed by atoms with E-state index in [1.807, 2.05) is 34.6 Å². The molecule has 0 bridgehead atoms. The fraction of sp³-hybridized carbons (Fsp3) is 0.917. The molecule has 2 unspecified atom stereocenters. The molecule has 1 amide bonds. The Morgan fingerprint density at radius 3 is 2.12 bits per heavy atom. The van der Waals surface area contributed by atoms with Crippen LogP contribution < -0.4 is 5.32 Å². The predicted octanol–water partition coefficient (Wildman–Crippen LogP) is 2.31. The van der Waals surface area contributed by atoms with Gasteiger partial charge in [0.25, 0.3) is 0 Å². The van der Waals surface area contributed by atoms with Crippen molar-refractivity contribution in [1.82, 2.24) is 5.32 Å². The zero-order chi connectivity index (χ0) is 12.9. The van der Waals surface area contributed by atoms with Gasteiger partial charge in [-0.25, -0.2) is 4.79 Å². The molecular weight excluding hydrogens is 206 g/mol. The molecule has 0 aliphatic rings. The Labute approximate surface area is 98.4 Å². The van der Waals surface area contributed by atoms with Crippen LogP contribution in [0.1, 0.15) is 48.0 Å². The van der Waals surface area contributed by atoms with Crippen molar-refractivity contribution in [3.05, 3.63) is 0 Å². The van der Waals surface area contributed by atoms with Crippen LogP contribution in [-0.2, 0) is 4.74 Å². The van der Waals surface area contributed by atoms with Crippen LogP contribution in [0, 0.1) is 5.92 Å². The number of alkyl carbamates (subject to hydrolysis) is 1. The van der Waals surface area contributed by atoms with Crippen molar-refractivity contribution in [1.29, 1.82) is 0 Å². The minimum atomic E-state index is -0.574. The highest BCUT2D eigenvalue weighted by Crippen LogP contribution is 2.11. The van der Waals surface area contributed by atoms with Gasteiger partial charge in [-0.2, -0.15) is 0 Å². The maximum Gasteiger partial charge on any atom is 0.407 e. The quantitative estimate of drug-likeness (QED) is 0.780. The van der Waals surface area contributed by atoms with Crippen LogP contribution in [0.25, 0.3) is 0 Å². The molecule has 0 fully saturated rings. The van der Waals surface area contributed by atoms with E-state index in [2.05, 4.69) is 5.32 Å². The van der Waals surface area contributed by atoms with Gasteiger partial charge in [-0.1, -0.05) is 13.8 Å². The third-order valence-corrected chi connectivity index (χ3v) is 2.01. The molecule has 0 aliphatic heterocycles. The monoisotopic (exact) mass is 231 g/mol. The highest BCUT2D eigenvalue weighted by Gasteiger charge is 2.22. The lowest BCUT2D eigenvalue weighted by Crippen LogP contribution is -2.45. The van der Waals surface area contributed by atoms with Gasteiger partial charge in [0.1, 0.15) is 5.60 Å². The molecule has 0 aromatic carbocycles. The summed E-state index contributed by atoms with van der Waals surface area (Å²) in [7, 11) is 0. The van der Waals surface area contributed by atoms with E-state index < -0.39 is 17.8 Å². The zero-order valence-electron chi connectivity index (χ0n) is 11.2. The van der Waals surface area contributed by atoms with Gasteiger partial charge in [0.2, 0.25) is 0 Å². The third kappa shape index (κ3) is 7.51. The van der Waals surface area contributed by atoms with E-state index in [9.17, 15) is 9.90 Å². The summed E-state index contributed by atoms with van der Waals surface area (Å²) in [5.41, 5.74) is -0.509. The molecule has 16 heavy (non-hydrogen) atoms. The van der Waals surface area contributed by atoms with E-state index in [0.717, 1.165) is 6.42 Å². The summed E-state index contributed by atoms with van der Waals surface area (Å²) in [6.07, 6.45) is -0.314. The molecule has 0 aliphatic carbocycles. The topological polar surface area (TPSA) is 58.6 Å². The molecule has 0 aromatic heterocycles. The first-order chi connectivity index (χ1) is 7.11. The lowest BCUT2D eigenvalue weighted by molar-refractivity contribution is 0.0422. The van der Waals surface area contributed by atoms with E-state index in [1.54, 1.807) is 6.92 Å². The molecule has 4 nitrogen and oxygen atoms in total. The molecule has 0 saturated carbocycles. The van der Waals surface area contributed by atoms with E-state index in [1.165, 1.54) is 0 Å². The van der Waals surface area contributed by atoms with Crippen LogP contribution in [0.15, 0.2) is 0 Å². The van der Waals surface area contributed by atoms with E-state index in [-0.39, 0.29) is 6.04 Å². The van der Waals surface area contributed by atoms with E-state index >= 15 is 0 Å². The molecule has 2 atom stereocenters. The van der Waals surface area contributed by atoms with Crippen LogP contribution in [0.2, 0.25) is 0 Å². The van der Waals surface area contributed by atoms with Crippen LogP contribution in [-0.4, -0.2) is 28.9 Å². The summed E-state index contributed by atoms with van der Waals surface area (Å²) in [4.78, 5) is 11.5. The summed E-state index contributed by atoms with van der Waals surface area (Å²) >= 11 is 0. The Balaban J connectivity index is 4.24. The lowest BCUT2D eigenvalue weighted by atomic mass is 10.0. The number of aliphatic hydroxyl groups is 1. The Bertz CT molecular complexity index is 219. The number of nitrogens with one attached hydrogen (secondary N) is 1. The number of hydrogen-bond acceptors (Lipinski definition) is 3. The Hall–Kier alpha value is -0.770. The lowest BCUT2D eigenvalue weighted by Gasteiger charge is -2.26. The summed E-state index contributed by atoms with van der Waals surface area (Å²) < 4.78 is 5.14. The van der Waals surface area contributed by atoms with Crippen LogP contribution in [0.3, 0.4) is 0 Å². The second-order valence-electron chi connectivity index (χ2n) is 5.62. The number of ether oxygens (including phenoxy) is 1. The van der Waals surface area contributed by atoms with Crippen molar-refractivity contribution in [2.45, 2.75) is 65.7 Å². The first-order valence-corrected chi connectivity index (χ1v) is 5.79. The molecule has 2 N–H and O–H groups in total. The standard InChI is InChI=1S/C12H25NO3/c1-8(2)7-10(9(3)14)13-11(15)16-12(4,5)6/h8-10,14H,7H2,1-6H3,(H,13,15). The number of amides is 1. The van der Waals surface area contributed by atoms with Gasteiger partial charge in [0.05, 0.1) is 12.1 Å². The minimum Gasteiger partial charge on any atom is -0.444 e. The van der Waals surface area contributed by atoms with E-state index in [4.69, 9.17) is 4.74 Å². The Morgan fingerprint density at radius 1 is 1.31 bits per heavy atom. The number of aliphatic hydroxyl groups excluding tert-OH is 1. The fourth-order valence-corrected chi connectivity index (χ4v) is 1.34. The summed E-state index contributed by atoms with van der Waals surface area (Å²) in [5, 5.41) is 12.2. The molecule has 0 heterocycles. The average molecular weight is 231 g/mol. The van der Waals surface area contributed by atoms with Gasteiger partial charge in [0.15, 0.2) is 0 Å². The maximum atomic E-state index is 11.5. The largest absolute Gasteiger partial charge is 0.444 e. The van der Waals surface area contributed by atoms with Crippen molar-refractivity contribution >= 4 is 6.09 Å². The van der Waals surface area contributed by atoms with Gasteiger partial charge < -0.3 is 15.2 Å². The number of rotatable bonds is 4. The highest BCUT2D eigenvalue weighted by molar-refractivity contribution is 5.68. The molecule has 4 heteroatoms. The van der Waals surface area contributed by atoms with Gasteiger partial charge >= 0.3 is 6.09 Å². The molecule has 0 aromatic rings. The summed E-state index contributed by atoms with van der Waals surface area (Å²) in [5.74, 6) is 0.412. The minimum absolute atomic E-state index is 0.255. The molecule has 0 radical (unpaired) electrons. The Morgan fingerprint density at radius 2 is 1.81 bits per heavy atom. The molecule has 0 rings (SSSR count). The van der Waals surface area contributed by atoms with Crippen molar-refractivity contribution in [3.8, 4) is 0 Å². The highest BCUT2D eigenvalue weighted by atomic mass is 16.6. The first-order valence-electron chi connectivity index (χ1n) is 5.79. The second kappa shape index (κ2) is 6.09. The molecular formula is C12H25NO3. The van der Waals surface area contributed by atoms with Crippen molar-refractivity contribution < 1.29 is 14.6 Å². The first kappa shape index (κ1) is 15.2. The maximum absolute atomic E-state index is 11.5. The molecule has 0 spiro atoms. The zero-order valence-corrected chi connectivity index (χ0v) is 11.2. The van der Waals surface area contributed by atoms with Gasteiger partial charge in [-0.3, -0.25) is 0 Å². The smallest absolute Gasteiger partial charge is 0.407 e. The second-order valence-corrected chi connectivity index (χ2v) is 5.62. The van der Waals surface area contributed by atoms with Crippen molar-refractivity contribution in [3.63, 3.8) is 0 Å².